The van der Waals surface area contributed by atoms with Crippen molar-refractivity contribution in [2.45, 2.75) is 9.79 Å². The van der Waals surface area contributed by atoms with E-state index in [1.165, 1.54) is 24.3 Å². The molecule has 27 heavy (non-hydrogen) atoms. The summed E-state index contributed by atoms with van der Waals surface area (Å²) in [6, 6.07) is 11.6. The summed E-state index contributed by atoms with van der Waals surface area (Å²) < 4.78 is 63.3. The fourth-order valence-corrected chi connectivity index (χ4v) is 2.76. The van der Waals surface area contributed by atoms with Gasteiger partial charge in [-0.15, -0.1) is 0 Å². The molecule has 2 aromatic carbocycles. The minimum atomic E-state index is -4.31. The summed E-state index contributed by atoms with van der Waals surface area (Å²) in [4.78, 5) is 3.25. The van der Waals surface area contributed by atoms with Crippen LogP contribution in [0.4, 0.5) is 11.4 Å². The van der Waals surface area contributed by atoms with Crippen molar-refractivity contribution in [3.05, 3.63) is 48.5 Å². The minimum Gasteiger partial charge on any atom is -0.744 e. The van der Waals surface area contributed by atoms with E-state index in [1.807, 2.05) is 38.0 Å². The maximum absolute atomic E-state index is 10.5. The quantitative estimate of drug-likeness (QED) is 0.525. The van der Waals surface area contributed by atoms with Crippen molar-refractivity contribution in [1.29, 1.82) is 0 Å². The van der Waals surface area contributed by atoms with Crippen LogP contribution < -0.4 is 9.80 Å². The molecule has 0 amide bonds. The second-order valence-corrected chi connectivity index (χ2v) is 8.44. The molecular weight excluding hydrogens is 405 g/mol. The summed E-state index contributed by atoms with van der Waals surface area (Å²) in [6.07, 6.45) is 0. The Bertz CT molecular complexity index is 846. The molecule has 0 atom stereocenters. The van der Waals surface area contributed by atoms with Crippen molar-refractivity contribution in [3.63, 3.8) is 0 Å². The van der Waals surface area contributed by atoms with Gasteiger partial charge in [0.15, 0.2) is 0 Å². The van der Waals surface area contributed by atoms with Crippen LogP contribution >= 0.6 is 0 Å². The number of rotatable bonds is 4. The number of anilines is 2. The largest absolute Gasteiger partial charge is 2.00 e. The Morgan fingerprint density at radius 3 is 0.963 bits per heavy atom. The third-order valence-electron chi connectivity index (χ3n) is 3.28. The van der Waals surface area contributed by atoms with Crippen LogP contribution in [0.3, 0.4) is 0 Å². The van der Waals surface area contributed by atoms with Gasteiger partial charge in [-0.3, -0.25) is 0 Å². The molecule has 0 bridgehead atoms. The molecule has 0 fully saturated rings. The van der Waals surface area contributed by atoms with E-state index in [2.05, 4.69) is 0 Å². The SMILES string of the molecule is CN(C)c1ccc(S(=O)(=O)[O-])cc1.CN(C)c1ccc(S(=O)(=O)[O-])cc1.[Mg+2]. The summed E-state index contributed by atoms with van der Waals surface area (Å²) in [5.41, 5.74) is 1.71. The summed E-state index contributed by atoms with van der Waals surface area (Å²) >= 11 is 0. The van der Waals surface area contributed by atoms with Gasteiger partial charge in [-0.25, -0.2) is 16.8 Å². The Morgan fingerprint density at radius 2 is 0.815 bits per heavy atom. The van der Waals surface area contributed by atoms with Crippen molar-refractivity contribution in [1.82, 2.24) is 0 Å². The Balaban J connectivity index is 0.000000483. The number of nitrogens with zero attached hydrogens (tertiary/aromatic N) is 2. The zero-order valence-corrected chi connectivity index (χ0v) is 18.5. The smallest absolute Gasteiger partial charge is 0.744 e. The Morgan fingerprint density at radius 1 is 0.593 bits per heavy atom. The number of benzene rings is 2. The van der Waals surface area contributed by atoms with Gasteiger partial charge < -0.3 is 18.9 Å². The number of hydrogen-bond donors (Lipinski definition) is 0. The maximum atomic E-state index is 10.5. The Hall–Kier alpha value is -1.37. The summed E-state index contributed by atoms with van der Waals surface area (Å²) in [7, 11) is -1.29. The van der Waals surface area contributed by atoms with Gasteiger partial charge in [0, 0.05) is 39.6 Å². The van der Waals surface area contributed by atoms with Crippen LogP contribution in [0.2, 0.25) is 0 Å². The minimum absolute atomic E-state index is 0. The summed E-state index contributed by atoms with van der Waals surface area (Å²) in [6.45, 7) is 0. The molecule has 2 aromatic rings. The van der Waals surface area contributed by atoms with Gasteiger partial charge in [-0.1, -0.05) is 0 Å². The molecule has 0 N–H and O–H groups in total. The van der Waals surface area contributed by atoms with E-state index in [0.717, 1.165) is 11.4 Å². The molecule has 2 rings (SSSR count). The van der Waals surface area contributed by atoms with Crippen molar-refractivity contribution < 1.29 is 25.9 Å². The number of hydrogen-bond acceptors (Lipinski definition) is 8. The first kappa shape index (κ1) is 25.6. The zero-order valence-electron chi connectivity index (χ0n) is 15.5. The third-order valence-corrected chi connectivity index (χ3v) is 4.98. The van der Waals surface area contributed by atoms with E-state index in [1.54, 1.807) is 24.3 Å². The van der Waals surface area contributed by atoms with Crippen LogP contribution in [-0.2, 0) is 20.2 Å². The predicted molar refractivity (Wildman–Crippen MR) is 103 cm³/mol. The van der Waals surface area contributed by atoms with E-state index in [9.17, 15) is 25.9 Å². The van der Waals surface area contributed by atoms with Crippen LogP contribution in [0.5, 0.6) is 0 Å². The van der Waals surface area contributed by atoms with Crippen LogP contribution in [0.15, 0.2) is 58.3 Å². The molecule has 0 saturated heterocycles. The van der Waals surface area contributed by atoms with Gasteiger partial charge in [0.1, 0.15) is 20.2 Å². The summed E-state index contributed by atoms with van der Waals surface area (Å²) in [5.74, 6) is 0. The standard InChI is InChI=1S/2C8H11NO3S.Mg/c2*1-9(2)7-3-5-8(6-4-7)13(10,11)12;/h2*3-6H,1-2H3,(H,10,11,12);/q;;+2/p-2. The molecule has 0 heterocycles. The van der Waals surface area contributed by atoms with Crippen molar-refractivity contribution in [2.24, 2.45) is 0 Å². The average molecular weight is 425 g/mol. The van der Waals surface area contributed by atoms with E-state index in [4.69, 9.17) is 0 Å². The maximum Gasteiger partial charge on any atom is 2.00 e. The third kappa shape index (κ3) is 8.45. The molecule has 8 nitrogen and oxygen atoms in total. The van der Waals surface area contributed by atoms with Crippen molar-refractivity contribution >= 4 is 54.7 Å². The first-order valence-corrected chi connectivity index (χ1v) is 10.1. The fourth-order valence-electron chi connectivity index (χ4n) is 1.82. The Kier molecular flexibility index (Phi) is 9.73. The molecule has 0 spiro atoms. The molecule has 0 radical (unpaired) electrons. The van der Waals surface area contributed by atoms with Crippen LogP contribution in [0.25, 0.3) is 0 Å². The van der Waals surface area contributed by atoms with Gasteiger partial charge in [0.05, 0.1) is 9.79 Å². The molecule has 0 aliphatic rings. The molecule has 0 aliphatic carbocycles. The normalized spacial score (nSPS) is 10.9. The van der Waals surface area contributed by atoms with E-state index in [0.29, 0.717) is 0 Å². The monoisotopic (exact) mass is 424 g/mol. The average Bonchev–Trinajstić information content (AvgIpc) is 2.54. The summed E-state index contributed by atoms with van der Waals surface area (Å²) in [5, 5.41) is 0. The van der Waals surface area contributed by atoms with Gasteiger partial charge in [-0.2, -0.15) is 0 Å². The van der Waals surface area contributed by atoms with Crippen LogP contribution in [0, 0.1) is 0 Å². The van der Waals surface area contributed by atoms with E-state index in [-0.39, 0.29) is 32.8 Å². The van der Waals surface area contributed by atoms with Gasteiger partial charge in [-0.05, 0) is 48.5 Å². The van der Waals surface area contributed by atoms with Gasteiger partial charge in [0.25, 0.3) is 0 Å². The first-order valence-electron chi connectivity index (χ1n) is 7.29. The second-order valence-electron chi connectivity index (χ2n) is 5.68. The van der Waals surface area contributed by atoms with Crippen molar-refractivity contribution in [2.75, 3.05) is 38.0 Å². The molecule has 0 aromatic heterocycles. The predicted octanol–water partition coefficient (Wildman–Crippen LogP) is 0.933. The van der Waals surface area contributed by atoms with Crippen molar-refractivity contribution in [3.8, 4) is 0 Å². The molecule has 0 aliphatic heterocycles. The first-order chi connectivity index (χ1) is 11.8. The molecule has 11 heteroatoms. The Labute approximate surface area is 176 Å². The zero-order chi connectivity index (χ0) is 20.1. The molecule has 0 unspecified atom stereocenters. The van der Waals surface area contributed by atoms with Gasteiger partial charge >= 0.3 is 23.1 Å². The van der Waals surface area contributed by atoms with Crippen LogP contribution in [0.1, 0.15) is 0 Å². The fraction of sp³-hybridized carbons (Fsp3) is 0.250. The molecular formula is C16H20MgN2O6S2. The second kappa shape index (κ2) is 10.2. The van der Waals surface area contributed by atoms with E-state index < -0.39 is 20.2 Å². The topological polar surface area (TPSA) is 121 Å². The van der Waals surface area contributed by atoms with Gasteiger partial charge in [0.2, 0.25) is 0 Å². The van der Waals surface area contributed by atoms with Crippen LogP contribution in [-0.4, -0.2) is 77.2 Å². The molecule has 0 saturated carbocycles. The van der Waals surface area contributed by atoms with E-state index >= 15 is 0 Å². The molecule has 144 valence electrons.